The number of benzene rings is 2. The van der Waals surface area contributed by atoms with Crippen molar-refractivity contribution in [2.24, 2.45) is 0 Å². The lowest BCUT2D eigenvalue weighted by molar-refractivity contribution is -0.137. The van der Waals surface area contributed by atoms with E-state index >= 15 is 0 Å². The zero-order valence-electron chi connectivity index (χ0n) is 10.3. The van der Waals surface area contributed by atoms with Crippen LogP contribution in [0.5, 0.6) is 5.75 Å². The number of hydrogen-bond acceptors (Lipinski definition) is 2. The Bertz CT molecular complexity index is 561. The van der Waals surface area contributed by atoms with Crippen LogP contribution in [0.4, 0.5) is 4.39 Å². The van der Waals surface area contributed by atoms with Crippen LogP contribution < -0.4 is 4.74 Å². The van der Waals surface area contributed by atoms with Gasteiger partial charge in [0.15, 0.2) is 0 Å². The number of carbonyl (C=O) groups is 1. The first kappa shape index (κ1) is 13.1. The second-order valence-electron chi connectivity index (χ2n) is 4.10. The molecule has 0 radical (unpaired) electrons. The van der Waals surface area contributed by atoms with E-state index in [0.717, 1.165) is 0 Å². The van der Waals surface area contributed by atoms with Gasteiger partial charge in [-0.05, 0) is 35.4 Å². The third-order valence-corrected chi connectivity index (χ3v) is 2.90. The maximum atomic E-state index is 12.9. The second-order valence-corrected chi connectivity index (χ2v) is 4.10. The van der Waals surface area contributed by atoms with Crippen molar-refractivity contribution in [2.45, 2.75) is 5.92 Å². The topological polar surface area (TPSA) is 46.5 Å². The molecule has 2 aromatic carbocycles. The van der Waals surface area contributed by atoms with Gasteiger partial charge >= 0.3 is 5.97 Å². The van der Waals surface area contributed by atoms with Crippen LogP contribution in [0, 0.1) is 5.82 Å². The largest absolute Gasteiger partial charge is 0.497 e. The Balaban J connectivity index is 2.39. The van der Waals surface area contributed by atoms with Gasteiger partial charge in [0.25, 0.3) is 0 Å². The van der Waals surface area contributed by atoms with Crippen molar-refractivity contribution in [3.8, 4) is 5.75 Å². The van der Waals surface area contributed by atoms with Crippen molar-refractivity contribution in [3.05, 3.63) is 65.5 Å². The molecule has 0 saturated carbocycles. The molecule has 2 aromatic rings. The fourth-order valence-corrected chi connectivity index (χ4v) is 1.93. The maximum Gasteiger partial charge on any atom is 0.315 e. The normalized spacial score (nSPS) is 11.9. The number of rotatable bonds is 4. The van der Waals surface area contributed by atoms with E-state index in [9.17, 15) is 14.3 Å². The first-order chi connectivity index (χ1) is 9.11. The lowest BCUT2D eigenvalue weighted by Gasteiger charge is -2.13. The summed E-state index contributed by atoms with van der Waals surface area (Å²) in [5.41, 5.74) is 1.17. The quantitative estimate of drug-likeness (QED) is 0.919. The monoisotopic (exact) mass is 260 g/mol. The van der Waals surface area contributed by atoms with E-state index in [-0.39, 0.29) is 5.82 Å². The predicted molar refractivity (Wildman–Crippen MR) is 68.9 cm³/mol. The predicted octanol–water partition coefficient (Wildman–Crippen LogP) is 3.05. The Hall–Kier alpha value is -2.36. The third-order valence-electron chi connectivity index (χ3n) is 2.90. The van der Waals surface area contributed by atoms with Crippen molar-refractivity contribution in [2.75, 3.05) is 7.11 Å². The summed E-state index contributed by atoms with van der Waals surface area (Å²) in [5.74, 6) is -1.52. The third kappa shape index (κ3) is 2.91. The van der Waals surface area contributed by atoms with E-state index in [1.54, 1.807) is 31.4 Å². The van der Waals surface area contributed by atoms with E-state index in [0.29, 0.717) is 16.9 Å². The van der Waals surface area contributed by atoms with Crippen LogP contribution in [-0.2, 0) is 4.79 Å². The highest BCUT2D eigenvalue weighted by molar-refractivity contribution is 5.80. The van der Waals surface area contributed by atoms with Gasteiger partial charge < -0.3 is 9.84 Å². The number of aliphatic carboxylic acids is 1. The molecule has 0 aliphatic carbocycles. The van der Waals surface area contributed by atoms with Gasteiger partial charge in [0.1, 0.15) is 17.5 Å². The van der Waals surface area contributed by atoms with Crippen molar-refractivity contribution in [3.63, 3.8) is 0 Å². The molecule has 0 aliphatic heterocycles. The summed E-state index contributed by atoms with van der Waals surface area (Å²) < 4.78 is 17.9. The number of carboxylic acids is 1. The number of halogens is 1. The van der Waals surface area contributed by atoms with Crippen molar-refractivity contribution < 1.29 is 19.0 Å². The molecule has 0 fully saturated rings. The minimum Gasteiger partial charge on any atom is -0.497 e. The minimum atomic E-state index is -0.975. The highest BCUT2D eigenvalue weighted by atomic mass is 19.1. The van der Waals surface area contributed by atoms with Gasteiger partial charge in [-0.1, -0.05) is 24.3 Å². The lowest BCUT2D eigenvalue weighted by atomic mass is 9.91. The van der Waals surface area contributed by atoms with Crippen LogP contribution in [0.1, 0.15) is 17.0 Å². The Morgan fingerprint density at radius 1 is 1.05 bits per heavy atom. The molecule has 0 aliphatic rings. The number of carboxylic acid groups (broad SMARTS) is 1. The molecule has 1 unspecified atom stereocenters. The summed E-state index contributed by atoms with van der Waals surface area (Å²) in [6.07, 6.45) is 0. The summed E-state index contributed by atoms with van der Waals surface area (Å²) >= 11 is 0. The average Bonchev–Trinajstić information content (AvgIpc) is 2.42. The SMILES string of the molecule is COc1ccc(C(C(=O)O)c2ccc(F)cc2)cc1. The van der Waals surface area contributed by atoms with Crippen molar-refractivity contribution >= 4 is 5.97 Å². The highest BCUT2D eigenvalue weighted by Gasteiger charge is 2.22. The molecule has 0 aromatic heterocycles. The standard InChI is InChI=1S/C15H13FO3/c1-19-13-8-4-11(5-9-13)14(15(17)18)10-2-6-12(16)7-3-10/h2-9,14H,1H3,(H,17,18). The Morgan fingerprint density at radius 3 is 1.95 bits per heavy atom. The van der Waals surface area contributed by atoms with E-state index < -0.39 is 11.9 Å². The molecule has 4 heteroatoms. The first-order valence-electron chi connectivity index (χ1n) is 5.74. The average molecular weight is 260 g/mol. The number of hydrogen-bond donors (Lipinski definition) is 1. The highest BCUT2D eigenvalue weighted by Crippen LogP contribution is 2.26. The zero-order valence-corrected chi connectivity index (χ0v) is 10.3. The molecule has 0 amide bonds. The van der Waals surface area contributed by atoms with Gasteiger partial charge in [-0.2, -0.15) is 0 Å². The lowest BCUT2D eigenvalue weighted by Crippen LogP contribution is -2.13. The van der Waals surface area contributed by atoms with Gasteiger partial charge in [-0.3, -0.25) is 4.79 Å². The van der Waals surface area contributed by atoms with Gasteiger partial charge in [0, 0.05) is 0 Å². The molecule has 1 N–H and O–H groups in total. The first-order valence-corrected chi connectivity index (χ1v) is 5.74. The molecule has 2 rings (SSSR count). The molecule has 0 bridgehead atoms. The summed E-state index contributed by atoms with van der Waals surface area (Å²) in [6.45, 7) is 0. The van der Waals surface area contributed by atoms with Crippen LogP contribution in [0.15, 0.2) is 48.5 Å². The van der Waals surface area contributed by atoms with E-state index in [1.807, 2.05) is 0 Å². The molecule has 3 nitrogen and oxygen atoms in total. The van der Waals surface area contributed by atoms with Crippen LogP contribution in [0.2, 0.25) is 0 Å². The zero-order chi connectivity index (χ0) is 13.8. The fourth-order valence-electron chi connectivity index (χ4n) is 1.93. The second kappa shape index (κ2) is 5.52. The Morgan fingerprint density at radius 2 is 1.53 bits per heavy atom. The Kier molecular flexibility index (Phi) is 3.80. The van der Waals surface area contributed by atoms with E-state index in [4.69, 9.17) is 4.74 Å². The molecule has 0 spiro atoms. The maximum absolute atomic E-state index is 12.9. The summed E-state index contributed by atoms with van der Waals surface area (Å²) in [5, 5.41) is 9.35. The summed E-state index contributed by atoms with van der Waals surface area (Å²) in [7, 11) is 1.55. The summed E-state index contributed by atoms with van der Waals surface area (Å²) in [4.78, 5) is 11.4. The van der Waals surface area contributed by atoms with Crippen LogP contribution in [-0.4, -0.2) is 18.2 Å². The van der Waals surface area contributed by atoms with Crippen molar-refractivity contribution in [1.82, 2.24) is 0 Å². The minimum absolute atomic E-state index is 0.386. The van der Waals surface area contributed by atoms with Gasteiger partial charge in [-0.25, -0.2) is 4.39 Å². The van der Waals surface area contributed by atoms with Crippen molar-refractivity contribution in [1.29, 1.82) is 0 Å². The molecule has 19 heavy (non-hydrogen) atoms. The fraction of sp³-hybridized carbons (Fsp3) is 0.133. The smallest absolute Gasteiger partial charge is 0.315 e. The van der Waals surface area contributed by atoms with Crippen LogP contribution in [0.3, 0.4) is 0 Å². The molecule has 0 heterocycles. The van der Waals surface area contributed by atoms with Gasteiger partial charge in [0.2, 0.25) is 0 Å². The summed E-state index contributed by atoms with van der Waals surface area (Å²) in [6, 6.07) is 12.3. The molecular formula is C15H13FO3. The number of ether oxygens (including phenoxy) is 1. The molecule has 0 saturated heterocycles. The number of methoxy groups -OCH3 is 1. The van der Waals surface area contributed by atoms with Gasteiger partial charge in [0.05, 0.1) is 7.11 Å². The molecular weight excluding hydrogens is 247 g/mol. The molecule has 1 atom stereocenters. The van der Waals surface area contributed by atoms with E-state index in [2.05, 4.69) is 0 Å². The van der Waals surface area contributed by atoms with Crippen LogP contribution >= 0.6 is 0 Å². The van der Waals surface area contributed by atoms with Gasteiger partial charge in [-0.15, -0.1) is 0 Å². The Labute approximate surface area is 110 Å². The van der Waals surface area contributed by atoms with E-state index in [1.165, 1.54) is 24.3 Å². The van der Waals surface area contributed by atoms with Crippen LogP contribution in [0.25, 0.3) is 0 Å². The molecule has 98 valence electrons.